The lowest BCUT2D eigenvalue weighted by Gasteiger charge is -2.04. The zero-order valence-electron chi connectivity index (χ0n) is 10.8. The van der Waals surface area contributed by atoms with E-state index in [0.717, 1.165) is 32.3 Å². The molecule has 1 N–H and O–H groups in total. The summed E-state index contributed by atoms with van der Waals surface area (Å²) in [5.74, 6) is 0.834. The molecule has 0 radical (unpaired) electrons. The highest BCUT2D eigenvalue weighted by molar-refractivity contribution is 9.10. The van der Waals surface area contributed by atoms with Gasteiger partial charge in [-0.3, -0.25) is 0 Å². The molecular weight excluding hydrogens is 328 g/mol. The smallest absolute Gasteiger partial charge is 0.183 e. The maximum atomic E-state index is 5.25. The Balaban J connectivity index is 2.17. The first-order chi connectivity index (χ1) is 9.24. The van der Waals surface area contributed by atoms with Crippen molar-refractivity contribution in [1.82, 2.24) is 4.98 Å². The van der Waals surface area contributed by atoms with Gasteiger partial charge in [0.05, 0.1) is 18.6 Å². The van der Waals surface area contributed by atoms with Gasteiger partial charge in [0.2, 0.25) is 0 Å². The van der Waals surface area contributed by atoms with Crippen molar-refractivity contribution in [2.45, 2.75) is 0 Å². The Morgan fingerprint density at radius 2 is 2.21 bits per heavy atom. The van der Waals surface area contributed by atoms with Crippen LogP contribution in [0.1, 0.15) is 0 Å². The summed E-state index contributed by atoms with van der Waals surface area (Å²) in [5.41, 5.74) is 1.08. The quantitative estimate of drug-likeness (QED) is 0.814. The minimum Gasteiger partial charge on any atom is -0.497 e. The maximum Gasteiger partial charge on any atom is 0.183 e. The number of rotatable bonds is 6. The third kappa shape index (κ3) is 3.68. The van der Waals surface area contributed by atoms with E-state index < -0.39 is 0 Å². The molecule has 0 aliphatic carbocycles. The van der Waals surface area contributed by atoms with Gasteiger partial charge in [-0.25, -0.2) is 4.98 Å². The van der Waals surface area contributed by atoms with Crippen LogP contribution in [0.25, 0.3) is 10.4 Å². The van der Waals surface area contributed by atoms with Gasteiger partial charge in [0, 0.05) is 29.9 Å². The van der Waals surface area contributed by atoms with Crippen molar-refractivity contribution in [3.05, 3.63) is 28.9 Å². The van der Waals surface area contributed by atoms with E-state index in [-0.39, 0.29) is 0 Å². The van der Waals surface area contributed by atoms with Crippen LogP contribution in [0.15, 0.2) is 28.9 Å². The molecule has 0 saturated heterocycles. The summed E-state index contributed by atoms with van der Waals surface area (Å²) in [6.45, 7) is 1.42. The lowest BCUT2D eigenvalue weighted by atomic mass is 10.2. The fourth-order valence-electron chi connectivity index (χ4n) is 1.56. The Morgan fingerprint density at radius 1 is 1.37 bits per heavy atom. The molecule has 0 spiro atoms. The highest BCUT2D eigenvalue weighted by atomic mass is 79.9. The highest BCUT2D eigenvalue weighted by Gasteiger charge is 2.09. The molecule has 0 fully saturated rings. The van der Waals surface area contributed by atoms with Gasteiger partial charge in [-0.2, -0.15) is 0 Å². The first-order valence-corrected chi connectivity index (χ1v) is 7.38. The summed E-state index contributed by atoms with van der Waals surface area (Å²) in [4.78, 5) is 5.44. The van der Waals surface area contributed by atoms with Gasteiger partial charge in [-0.15, -0.1) is 0 Å². The van der Waals surface area contributed by atoms with E-state index in [0.29, 0.717) is 6.61 Å². The van der Waals surface area contributed by atoms with Crippen molar-refractivity contribution in [2.75, 3.05) is 32.7 Å². The molecule has 0 atom stereocenters. The Bertz CT molecular complexity index is 545. The van der Waals surface area contributed by atoms with E-state index in [1.807, 2.05) is 24.4 Å². The topological polar surface area (TPSA) is 43.4 Å². The lowest BCUT2D eigenvalue weighted by Crippen LogP contribution is -2.06. The average molecular weight is 343 g/mol. The van der Waals surface area contributed by atoms with E-state index in [1.165, 1.54) is 0 Å². The van der Waals surface area contributed by atoms with Crippen molar-refractivity contribution in [3.8, 4) is 16.2 Å². The number of nitrogens with zero attached hydrogens (tertiary/aromatic N) is 1. The van der Waals surface area contributed by atoms with Crippen LogP contribution < -0.4 is 10.1 Å². The zero-order valence-corrected chi connectivity index (χ0v) is 13.2. The van der Waals surface area contributed by atoms with Gasteiger partial charge in [-0.1, -0.05) is 27.3 Å². The molecule has 6 heteroatoms. The molecule has 1 heterocycles. The van der Waals surface area contributed by atoms with E-state index in [1.54, 1.807) is 25.6 Å². The zero-order chi connectivity index (χ0) is 13.7. The molecule has 0 unspecified atom stereocenters. The van der Waals surface area contributed by atoms with Gasteiger partial charge in [0.15, 0.2) is 5.13 Å². The molecule has 102 valence electrons. The summed E-state index contributed by atoms with van der Waals surface area (Å²) in [6, 6.07) is 5.90. The molecule has 4 nitrogen and oxygen atoms in total. The molecule has 0 saturated carbocycles. The van der Waals surface area contributed by atoms with Crippen LogP contribution in [0, 0.1) is 0 Å². The fourth-order valence-corrected chi connectivity index (χ4v) is 3.02. The SMILES string of the molecule is COCCNc1ncc(-c2cc(OC)ccc2Br)s1. The summed E-state index contributed by atoms with van der Waals surface area (Å²) >= 11 is 5.16. The first-order valence-electron chi connectivity index (χ1n) is 5.77. The number of hydrogen-bond donors (Lipinski definition) is 1. The second-order valence-electron chi connectivity index (χ2n) is 3.80. The number of anilines is 1. The van der Waals surface area contributed by atoms with Crippen molar-refractivity contribution < 1.29 is 9.47 Å². The van der Waals surface area contributed by atoms with E-state index >= 15 is 0 Å². The first kappa shape index (κ1) is 14.3. The van der Waals surface area contributed by atoms with E-state index in [2.05, 4.69) is 26.2 Å². The van der Waals surface area contributed by atoms with Gasteiger partial charge < -0.3 is 14.8 Å². The second kappa shape index (κ2) is 6.88. The second-order valence-corrected chi connectivity index (χ2v) is 5.68. The number of ether oxygens (including phenoxy) is 2. The van der Waals surface area contributed by atoms with Crippen molar-refractivity contribution >= 4 is 32.4 Å². The normalized spacial score (nSPS) is 10.5. The summed E-state index contributed by atoms with van der Waals surface area (Å²) in [5, 5.41) is 4.11. The van der Waals surface area contributed by atoms with E-state index in [9.17, 15) is 0 Å². The van der Waals surface area contributed by atoms with Gasteiger partial charge in [0.1, 0.15) is 5.75 Å². The minimum atomic E-state index is 0.664. The predicted molar refractivity (Wildman–Crippen MR) is 82.2 cm³/mol. The number of thiazole rings is 1. The van der Waals surface area contributed by atoms with E-state index in [4.69, 9.17) is 9.47 Å². The third-order valence-corrected chi connectivity index (χ3v) is 4.21. The predicted octanol–water partition coefficient (Wildman–Crippen LogP) is 3.64. The number of aromatic nitrogens is 1. The third-order valence-electron chi connectivity index (χ3n) is 2.53. The fraction of sp³-hybridized carbons (Fsp3) is 0.308. The van der Waals surface area contributed by atoms with Crippen molar-refractivity contribution in [1.29, 1.82) is 0 Å². The van der Waals surface area contributed by atoms with Crippen LogP contribution in [0.3, 0.4) is 0 Å². The molecule has 0 bridgehead atoms. The summed E-state index contributed by atoms with van der Waals surface area (Å²) < 4.78 is 11.3. The highest BCUT2D eigenvalue weighted by Crippen LogP contribution is 2.36. The van der Waals surface area contributed by atoms with Crippen LogP contribution in [-0.2, 0) is 4.74 Å². The number of nitrogens with one attached hydrogen (secondary N) is 1. The number of halogens is 1. The molecule has 0 aliphatic rings. The summed E-state index contributed by atoms with van der Waals surface area (Å²) in [6.07, 6.45) is 1.86. The number of hydrogen-bond acceptors (Lipinski definition) is 5. The molecule has 0 amide bonds. The van der Waals surface area contributed by atoms with Crippen LogP contribution in [0.5, 0.6) is 5.75 Å². The van der Waals surface area contributed by atoms with Gasteiger partial charge in [-0.05, 0) is 18.2 Å². The minimum absolute atomic E-state index is 0.664. The number of methoxy groups -OCH3 is 2. The molecule has 19 heavy (non-hydrogen) atoms. The Labute approximate surface area is 124 Å². The average Bonchev–Trinajstić information content (AvgIpc) is 2.88. The maximum absolute atomic E-state index is 5.25. The van der Waals surface area contributed by atoms with Crippen LogP contribution in [-0.4, -0.2) is 32.4 Å². The van der Waals surface area contributed by atoms with Crippen LogP contribution in [0.4, 0.5) is 5.13 Å². The monoisotopic (exact) mass is 342 g/mol. The van der Waals surface area contributed by atoms with Crippen molar-refractivity contribution in [2.24, 2.45) is 0 Å². The number of benzene rings is 1. The lowest BCUT2D eigenvalue weighted by molar-refractivity contribution is 0.211. The largest absolute Gasteiger partial charge is 0.497 e. The van der Waals surface area contributed by atoms with Crippen molar-refractivity contribution in [3.63, 3.8) is 0 Å². The molecule has 2 rings (SSSR count). The summed E-state index contributed by atoms with van der Waals surface area (Å²) in [7, 11) is 3.35. The molecular formula is C13H15BrN2O2S. The Morgan fingerprint density at radius 3 is 2.95 bits per heavy atom. The molecule has 1 aromatic carbocycles. The molecule has 2 aromatic rings. The Kier molecular flexibility index (Phi) is 5.18. The standard InChI is InChI=1S/C13H15BrN2O2S/c1-17-6-5-15-13-16-8-12(19-13)10-7-9(18-2)3-4-11(10)14/h3-4,7-8H,5-6H2,1-2H3,(H,15,16). The molecule has 1 aromatic heterocycles. The van der Waals surface area contributed by atoms with Crippen LogP contribution in [0.2, 0.25) is 0 Å². The van der Waals surface area contributed by atoms with Gasteiger partial charge in [0.25, 0.3) is 0 Å². The van der Waals surface area contributed by atoms with Gasteiger partial charge >= 0.3 is 0 Å². The Hall–Kier alpha value is -1.11. The van der Waals surface area contributed by atoms with Crippen LogP contribution >= 0.6 is 27.3 Å². The molecule has 0 aliphatic heterocycles.